The third-order valence-electron chi connectivity index (χ3n) is 4.42. The lowest BCUT2D eigenvalue weighted by atomic mass is 9.73. The summed E-state index contributed by atoms with van der Waals surface area (Å²) >= 11 is 0. The van der Waals surface area contributed by atoms with E-state index in [0.29, 0.717) is 31.8 Å². The smallest absolute Gasteiger partial charge is 0.231 e. The lowest BCUT2D eigenvalue weighted by Gasteiger charge is -2.35. The van der Waals surface area contributed by atoms with Gasteiger partial charge in [0.25, 0.3) is 0 Å². The Morgan fingerprint density at radius 2 is 1.81 bits per heavy atom. The van der Waals surface area contributed by atoms with Gasteiger partial charge in [0, 0.05) is 6.42 Å². The molecule has 2 heterocycles. The number of hydrogen-bond donors (Lipinski definition) is 0. The van der Waals surface area contributed by atoms with Gasteiger partial charge in [-0.25, -0.2) is 0 Å². The summed E-state index contributed by atoms with van der Waals surface area (Å²) < 4.78 is 22.0. The number of carbonyl (C=O) groups excluding carboxylic acids is 1. The molecule has 0 unspecified atom stereocenters. The van der Waals surface area contributed by atoms with Crippen LogP contribution in [0.5, 0.6) is 11.5 Å². The summed E-state index contributed by atoms with van der Waals surface area (Å²) in [6.45, 7) is 1.43. The first-order chi connectivity index (χ1) is 10.3. The number of rotatable bonds is 2. The zero-order chi connectivity index (χ0) is 14.3. The van der Waals surface area contributed by atoms with E-state index < -0.39 is 11.2 Å². The monoisotopic (exact) mass is 288 g/mol. The molecule has 5 nitrogen and oxygen atoms in total. The van der Waals surface area contributed by atoms with E-state index in [2.05, 4.69) is 0 Å². The van der Waals surface area contributed by atoms with Gasteiger partial charge in [0.15, 0.2) is 17.3 Å². The first-order valence-electron chi connectivity index (χ1n) is 7.10. The summed E-state index contributed by atoms with van der Waals surface area (Å²) in [7, 11) is 0. The maximum Gasteiger partial charge on any atom is 0.231 e. The Labute approximate surface area is 122 Å². The minimum atomic E-state index is -0.651. The minimum absolute atomic E-state index is 0.230. The molecular weight excluding hydrogens is 272 g/mol. The fraction of sp³-hybridized carbons (Fsp3) is 0.438. The van der Waals surface area contributed by atoms with Crippen molar-refractivity contribution in [1.29, 1.82) is 0 Å². The van der Waals surface area contributed by atoms with Gasteiger partial charge in [-0.15, -0.1) is 0 Å². The molecule has 1 saturated heterocycles. The Hall–Kier alpha value is -1.85. The molecule has 1 atom stereocenters. The maximum absolute atomic E-state index is 11.8. The van der Waals surface area contributed by atoms with Crippen molar-refractivity contribution in [2.45, 2.75) is 24.0 Å². The SMILES string of the molecule is O=C[C@@]1(c2ccc3c(c2)OCO3)C=CC2(CC1)OCCO2. The van der Waals surface area contributed by atoms with Crippen LogP contribution in [0.2, 0.25) is 0 Å². The molecule has 0 saturated carbocycles. The minimum Gasteiger partial charge on any atom is -0.454 e. The molecule has 0 N–H and O–H groups in total. The van der Waals surface area contributed by atoms with E-state index in [0.717, 1.165) is 17.6 Å². The van der Waals surface area contributed by atoms with Crippen molar-refractivity contribution in [2.75, 3.05) is 20.0 Å². The molecule has 0 radical (unpaired) electrons. The number of fused-ring (bicyclic) bond motifs is 1. The Kier molecular flexibility index (Phi) is 2.80. The van der Waals surface area contributed by atoms with Gasteiger partial charge in [-0.3, -0.25) is 0 Å². The van der Waals surface area contributed by atoms with Crippen LogP contribution in [0.4, 0.5) is 0 Å². The lowest BCUT2D eigenvalue weighted by Crippen LogP contribution is -2.38. The topological polar surface area (TPSA) is 54.0 Å². The van der Waals surface area contributed by atoms with Gasteiger partial charge in [-0.05, 0) is 30.2 Å². The number of aldehydes is 1. The Morgan fingerprint density at radius 1 is 1.00 bits per heavy atom. The van der Waals surface area contributed by atoms with Crippen molar-refractivity contribution in [1.82, 2.24) is 0 Å². The van der Waals surface area contributed by atoms with E-state index in [9.17, 15) is 4.79 Å². The van der Waals surface area contributed by atoms with Crippen LogP contribution in [-0.4, -0.2) is 32.1 Å². The van der Waals surface area contributed by atoms with E-state index in [4.69, 9.17) is 18.9 Å². The number of benzene rings is 1. The van der Waals surface area contributed by atoms with Crippen LogP contribution in [0.15, 0.2) is 30.4 Å². The highest BCUT2D eigenvalue weighted by Gasteiger charge is 2.43. The van der Waals surface area contributed by atoms with E-state index in [1.165, 1.54) is 0 Å². The molecule has 1 aliphatic carbocycles. The number of carbonyl (C=O) groups is 1. The summed E-state index contributed by atoms with van der Waals surface area (Å²) in [6, 6.07) is 5.65. The molecule has 0 aromatic heterocycles. The molecule has 2 aliphatic heterocycles. The standard InChI is InChI=1S/C16H16O5/c17-10-15(3-5-16(6-4-15)20-7-8-21-16)12-1-2-13-14(9-12)19-11-18-13/h1-3,5,9-10H,4,6-8,11H2/t15-/m1/s1. The van der Waals surface area contributed by atoms with Gasteiger partial charge in [0.1, 0.15) is 6.29 Å². The van der Waals surface area contributed by atoms with Crippen molar-refractivity contribution >= 4 is 6.29 Å². The predicted molar refractivity (Wildman–Crippen MR) is 73.3 cm³/mol. The van der Waals surface area contributed by atoms with Crippen molar-refractivity contribution in [3.8, 4) is 11.5 Å². The fourth-order valence-corrected chi connectivity index (χ4v) is 3.13. The van der Waals surface area contributed by atoms with Crippen LogP contribution in [0, 0.1) is 0 Å². The zero-order valence-electron chi connectivity index (χ0n) is 11.5. The summed E-state index contributed by atoms with van der Waals surface area (Å²) in [5.74, 6) is 0.775. The summed E-state index contributed by atoms with van der Waals surface area (Å²) in [5.41, 5.74) is 0.257. The largest absolute Gasteiger partial charge is 0.454 e. The lowest BCUT2D eigenvalue weighted by molar-refractivity contribution is -0.131. The molecule has 5 heteroatoms. The van der Waals surface area contributed by atoms with Crippen LogP contribution in [0.3, 0.4) is 0 Å². The first kappa shape index (κ1) is 12.9. The summed E-state index contributed by atoms with van der Waals surface area (Å²) in [6.07, 6.45) is 6.07. The Bertz CT molecular complexity index is 603. The van der Waals surface area contributed by atoms with Crippen molar-refractivity contribution in [3.05, 3.63) is 35.9 Å². The van der Waals surface area contributed by atoms with Gasteiger partial charge in [-0.2, -0.15) is 0 Å². The zero-order valence-corrected chi connectivity index (χ0v) is 11.5. The van der Waals surface area contributed by atoms with E-state index in [1.807, 2.05) is 30.4 Å². The molecule has 1 aromatic rings. The average Bonchev–Trinajstić information content (AvgIpc) is 3.17. The molecule has 0 amide bonds. The summed E-state index contributed by atoms with van der Waals surface area (Å²) in [4.78, 5) is 11.8. The van der Waals surface area contributed by atoms with E-state index >= 15 is 0 Å². The summed E-state index contributed by atoms with van der Waals surface area (Å²) in [5, 5.41) is 0. The molecule has 110 valence electrons. The molecular formula is C16H16O5. The Morgan fingerprint density at radius 3 is 2.52 bits per heavy atom. The van der Waals surface area contributed by atoms with E-state index in [-0.39, 0.29) is 6.79 Å². The van der Waals surface area contributed by atoms with Gasteiger partial charge in [0.05, 0.1) is 18.6 Å². The molecule has 3 aliphatic rings. The molecule has 1 fully saturated rings. The number of allylic oxidation sites excluding steroid dienone is 1. The van der Waals surface area contributed by atoms with Crippen LogP contribution in [-0.2, 0) is 19.7 Å². The number of hydrogen-bond acceptors (Lipinski definition) is 5. The second-order valence-corrected chi connectivity index (χ2v) is 5.57. The van der Waals surface area contributed by atoms with Gasteiger partial charge >= 0.3 is 0 Å². The number of ether oxygens (including phenoxy) is 4. The predicted octanol–water partition coefficient (Wildman–Crippen LogP) is 1.95. The first-order valence-corrected chi connectivity index (χ1v) is 7.10. The van der Waals surface area contributed by atoms with Crippen LogP contribution >= 0.6 is 0 Å². The van der Waals surface area contributed by atoms with Gasteiger partial charge in [0.2, 0.25) is 6.79 Å². The van der Waals surface area contributed by atoms with Crippen molar-refractivity contribution in [3.63, 3.8) is 0 Å². The van der Waals surface area contributed by atoms with Crippen molar-refractivity contribution in [2.24, 2.45) is 0 Å². The molecule has 1 spiro atoms. The highest BCUT2D eigenvalue weighted by atomic mass is 16.7. The van der Waals surface area contributed by atoms with Gasteiger partial charge < -0.3 is 23.7 Å². The second-order valence-electron chi connectivity index (χ2n) is 5.57. The normalized spacial score (nSPS) is 29.0. The van der Waals surface area contributed by atoms with E-state index in [1.54, 1.807) is 0 Å². The van der Waals surface area contributed by atoms with Crippen molar-refractivity contribution < 1.29 is 23.7 Å². The maximum atomic E-state index is 11.8. The van der Waals surface area contributed by atoms with Crippen LogP contribution < -0.4 is 9.47 Å². The highest BCUT2D eigenvalue weighted by molar-refractivity contribution is 5.73. The van der Waals surface area contributed by atoms with Crippen LogP contribution in [0.25, 0.3) is 0 Å². The molecule has 0 bridgehead atoms. The third-order valence-corrected chi connectivity index (χ3v) is 4.42. The Balaban J connectivity index is 1.70. The molecule has 4 rings (SSSR count). The molecule has 1 aromatic carbocycles. The third kappa shape index (κ3) is 1.96. The van der Waals surface area contributed by atoms with Gasteiger partial charge in [-0.1, -0.05) is 12.1 Å². The highest BCUT2D eigenvalue weighted by Crippen LogP contribution is 2.43. The average molecular weight is 288 g/mol. The molecule has 21 heavy (non-hydrogen) atoms. The quantitative estimate of drug-likeness (QED) is 0.615. The second kappa shape index (κ2) is 4.58. The fourth-order valence-electron chi connectivity index (χ4n) is 3.13. The van der Waals surface area contributed by atoms with Crippen LogP contribution in [0.1, 0.15) is 18.4 Å².